The van der Waals surface area contributed by atoms with Crippen LogP contribution in [0, 0.1) is 11.8 Å². The Kier molecular flexibility index (Phi) is 2.90. The van der Waals surface area contributed by atoms with E-state index in [0.29, 0.717) is 0 Å². The highest BCUT2D eigenvalue weighted by molar-refractivity contribution is 5.02. The molecule has 0 aromatic carbocycles. The summed E-state index contributed by atoms with van der Waals surface area (Å²) in [6.45, 7) is 2.96. The number of rotatable bonds is 3. The molecule has 2 aliphatic rings. The van der Waals surface area contributed by atoms with Gasteiger partial charge in [0.2, 0.25) is 0 Å². The third kappa shape index (κ3) is 1.89. The summed E-state index contributed by atoms with van der Waals surface area (Å²) in [5.41, 5.74) is 0. The van der Waals surface area contributed by atoms with Gasteiger partial charge in [-0.3, -0.25) is 4.90 Å². The van der Waals surface area contributed by atoms with Crippen LogP contribution < -0.4 is 0 Å². The van der Waals surface area contributed by atoms with E-state index in [9.17, 15) is 0 Å². The smallest absolute Gasteiger partial charge is 0.0606 e. The van der Waals surface area contributed by atoms with Gasteiger partial charge in [0.25, 0.3) is 0 Å². The number of hydrogen-bond donors (Lipinski definition) is 0. The maximum Gasteiger partial charge on any atom is 0.0606 e. The molecular formula is C12H19N. The second-order valence-electron chi connectivity index (χ2n) is 4.27. The summed E-state index contributed by atoms with van der Waals surface area (Å²) in [4.78, 5) is 2.66. The Morgan fingerprint density at radius 1 is 1.08 bits per heavy atom. The first-order valence-electron chi connectivity index (χ1n) is 5.57. The first-order valence-corrected chi connectivity index (χ1v) is 5.57. The van der Waals surface area contributed by atoms with Gasteiger partial charge < -0.3 is 0 Å². The molecule has 0 atom stereocenters. The zero-order valence-corrected chi connectivity index (χ0v) is 8.55. The highest BCUT2D eigenvalue weighted by Gasteiger charge is 2.32. The predicted molar refractivity (Wildman–Crippen MR) is 55.4 cm³/mol. The second kappa shape index (κ2) is 4.15. The van der Waals surface area contributed by atoms with Gasteiger partial charge in [0.05, 0.1) is 6.54 Å². The van der Waals surface area contributed by atoms with E-state index in [1.54, 1.807) is 0 Å². The maximum atomic E-state index is 3.22. The molecule has 0 aliphatic heterocycles. The summed E-state index contributed by atoms with van der Waals surface area (Å²) in [7, 11) is 0. The minimum absolute atomic E-state index is 0.881. The lowest BCUT2D eigenvalue weighted by Gasteiger charge is -2.45. The van der Waals surface area contributed by atoms with E-state index in [0.717, 1.165) is 18.6 Å². The lowest BCUT2D eigenvalue weighted by Crippen LogP contribution is -2.49. The van der Waals surface area contributed by atoms with E-state index in [1.807, 2.05) is 6.92 Å². The van der Waals surface area contributed by atoms with Gasteiger partial charge in [-0.15, -0.1) is 5.92 Å². The van der Waals surface area contributed by atoms with Crippen molar-refractivity contribution in [1.29, 1.82) is 0 Å². The fourth-order valence-corrected chi connectivity index (χ4v) is 2.16. The Hall–Kier alpha value is -0.480. The van der Waals surface area contributed by atoms with Crippen molar-refractivity contribution >= 4 is 0 Å². The lowest BCUT2D eigenvalue weighted by atomic mass is 9.84. The van der Waals surface area contributed by atoms with Crippen LogP contribution in [-0.4, -0.2) is 23.5 Å². The molecule has 0 spiro atoms. The van der Waals surface area contributed by atoms with Crippen molar-refractivity contribution in [3.8, 4) is 11.8 Å². The van der Waals surface area contributed by atoms with E-state index in [2.05, 4.69) is 16.7 Å². The number of hydrogen-bond acceptors (Lipinski definition) is 1. The third-order valence-corrected chi connectivity index (χ3v) is 3.53. The molecule has 0 N–H and O–H groups in total. The van der Waals surface area contributed by atoms with Crippen LogP contribution in [0.4, 0.5) is 0 Å². The van der Waals surface area contributed by atoms with Crippen LogP contribution in [0.1, 0.15) is 45.4 Å². The van der Waals surface area contributed by atoms with Crippen molar-refractivity contribution < 1.29 is 0 Å². The zero-order valence-electron chi connectivity index (χ0n) is 8.55. The summed E-state index contributed by atoms with van der Waals surface area (Å²) in [6.07, 6.45) is 8.55. The quantitative estimate of drug-likeness (QED) is 0.598. The van der Waals surface area contributed by atoms with Gasteiger partial charge in [-0.05, 0) is 32.6 Å². The Morgan fingerprint density at radius 3 is 1.92 bits per heavy atom. The summed E-state index contributed by atoms with van der Waals surface area (Å²) in [5.74, 6) is 6.24. The van der Waals surface area contributed by atoms with E-state index in [4.69, 9.17) is 0 Å². The van der Waals surface area contributed by atoms with Gasteiger partial charge in [-0.1, -0.05) is 18.8 Å². The molecule has 13 heavy (non-hydrogen) atoms. The summed E-state index contributed by atoms with van der Waals surface area (Å²) in [5, 5.41) is 0. The van der Waals surface area contributed by atoms with Crippen molar-refractivity contribution in [1.82, 2.24) is 4.90 Å². The molecule has 0 aromatic rings. The molecule has 0 heterocycles. The third-order valence-electron chi connectivity index (χ3n) is 3.53. The molecule has 0 amide bonds. The summed E-state index contributed by atoms with van der Waals surface area (Å²) < 4.78 is 0. The van der Waals surface area contributed by atoms with Crippen LogP contribution in [0.25, 0.3) is 0 Å². The molecule has 2 aliphatic carbocycles. The highest BCUT2D eigenvalue weighted by atomic mass is 15.2. The average Bonchev–Trinajstić information content (AvgIpc) is 1.93. The van der Waals surface area contributed by atoms with Crippen LogP contribution >= 0.6 is 0 Å². The fraction of sp³-hybridized carbons (Fsp3) is 0.833. The van der Waals surface area contributed by atoms with Gasteiger partial charge in [-0.25, -0.2) is 0 Å². The molecule has 2 fully saturated rings. The molecule has 1 heteroatoms. The van der Waals surface area contributed by atoms with Gasteiger partial charge in [-0.2, -0.15) is 0 Å². The largest absolute Gasteiger partial charge is 0.286 e. The Labute approximate surface area is 81.5 Å². The van der Waals surface area contributed by atoms with E-state index >= 15 is 0 Å². The minimum atomic E-state index is 0.881. The highest BCUT2D eigenvalue weighted by Crippen LogP contribution is 2.33. The first-order chi connectivity index (χ1) is 6.42. The van der Waals surface area contributed by atoms with Crippen molar-refractivity contribution in [2.24, 2.45) is 0 Å². The van der Waals surface area contributed by atoms with Gasteiger partial charge >= 0.3 is 0 Å². The van der Waals surface area contributed by atoms with Gasteiger partial charge in [0.1, 0.15) is 0 Å². The molecule has 0 radical (unpaired) electrons. The fourth-order valence-electron chi connectivity index (χ4n) is 2.16. The SMILES string of the molecule is CC#CCN(C1CCC1)C1CCC1. The summed E-state index contributed by atoms with van der Waals surface area (Å²) in [6, 6.07) is 1.76. The van der Waals surface area contributed by atoms with Crippen LogP contribution in [-0.2, 0) is 0 Å². The topological polar surface area (TPSA) is 3.24 Å². The van der Waals surface area contributed by atoms with Gasteiger partial charge in [0.15, 0.2) is 0 Å². The minimum Gasteiger partial charge on any atom is -0.286 e. The monoisotopic (exact) mass is 177 g/mol. The second-order valence-corrected chi connectivity index (χ2v) is 4.27. The van der Waals surface area contributed by atoms with E-state index in [-0.39, 0.29) is 0 Å². The molecule has 72 valence electrons. The molecule has 1 nitrogen and oxygen atoms in total. The standard InChI is InChI=1S/C12H19N/c1-2-3-10-13(11-6-4-7-11)12-8-5-9-12/h11-12H,4-10H2,1H3. The molecular weight excluding hydrogens is 158 g/mol. The van der Waals surface area contributed by atoms with Gasteiger partial charge in [0, 0.05) is 12.1 Å². The molecule has 0 aromatic heterocycles. The molecule has 2 saturated carbocycles. The van der Waals surface area contributed by atoms with Crippen LogP contribution in [0.2, 0.25) is 0 Å². The summed E-state index contributed by atoms with van der Waals surface area (Å²) >= 11 is 0. The Bertz CT molecular complexity index is 201. The zero-order chi connectivity index (χ0) is 9.10. The maximum absolute atomic E-state index is 3.22. The van der Waals surface area contributed by atoms with E-state index in [1.165, 1.54) is 38.5 Å². The van der Waals surface area contributed by atoms with Crippen LogP contribution in [0.15, 0.2) is 0 Å². The van der Waals surface area contributed by atoms with Crippen molar-refractivity contribution in [3.05, 3.63) is 0 Å². The molecule has 0 unspecified atom stereocenters. The molecule has 2 rings (SSSR count). The normalized spacial score (nSPS) is 23.2. The predicted octanol–water partition coefficient (Wildman–Crippen LogP) is 2.42. The van der Waals surface area contributed by atoms with Crippen molar-refractivity contribution in [3.63, 3.8) is 0 Å². The van der Waals surface area contributed by atoms with Crippen molar-refractivity contribution in [2.75, 3.05) is 6.54 Å². The Morgan fingerprint density at radius 2 is 1.62 bits per heavy atom. The van der Waals surface area contributed by atoms with Crippen LogP contribution in [0.3, 0.4) is 0 Å². The average molecular weight is 177 g/mol. The molecule has 0 saturated heterocycles. The molecule has 0 bridgehead atoms. The van der Waals surface area contributed by atoms with Crippen molar-refractivity contribution in [2.45, 2.75) is 57.5 Å². The Balaban J connectivity index is 1.87. The number of nitrogens with zero attached hydrogens (tertiary/aromatic N) is 1. The first kappa shape index (κ1) is 9.09. The lowest BCUT2D eigenvalue weighted by molar-refractivity contribution is 0.0541. The van der Waals surface area contributed by atoms with Crippen LogP contribution in [0.5, 0.6) is 0 Å². The van der Waals surface area contributed by atoms with E-state index < -0.39 is 0 Å².